The maximum Gasteiger partial charge on any atom is 0.485 e. The molecule has 0 aliphatic carbocycles. The fraction of sp³-hybridized carbons (Fsp3) is 0.366. The molecule has 0 saturated heterocycles. The van der Waals surface area contributed by atoms with E-state index in [9.17, 15) is 26.3 Å². The van der Waals surface area contributed by atoms with E-state index < -0.39 is 39.2 Å². The van der Waals surface area contributed by atoms with Crippen LogP contribution in [0.25, 0.3) is 0 Å². The first-order valence-electron chi connectivity index (χ1n) is 18.3. The number of rotatable bonds is 13. The third-order valence-corrected chi connectivity index (χ3v) is 12.9. The molecule has 0 aliphatic rings. The summed E-state index contributed by atoms with van der Waals surface area (Å²) >= 11 is 0. The number of nitrogens with zero attached hydrogens (tertiary/aromatic N) is 2. The van der Waals surface area contributed by atoms with E-state index >= 15 is 0 Å². The van der Waals surface area contributed by atoms with E-state index in [0.29, 0.717) is 5.66 Å². The Morgan fingerprint density at radius 2 is 0.793 bits per heavy atom. The Hall–Kier alpha value is -3.95. The maximum absolute atomic E-state index is 10.7. The van der Waals surface area contributed by atoms with Crippen molar-refractivity contribution in [3.63, 3.8) is 0 Å². The van der Waals surface area contributed by atoms with Crippen LogP contribution in [-0.4, -0.2) is 89.4 Å². The van der Waals surface area contributed by atoms with Crippen molar-refractivity contribution < 1.29 is 61.4 Å². The average molecular weight is 875 g/mol. The Labute approximate surface area is 339 Å². The SMILES string of the molecule is CC[N+](CC)=C(CC(CC(c1ccc(C)cc1)=[N+](CC)CC)P(c1ccccc1)c1ccccc1)c1ccc(C)cc1.O=S(=O)([O-])C(F)(F)F.O=S(=O)([O-])C(F)(F)F. The van der Waals surface area contributed by atoms with Gasteiger partial charge in [0, 0.05) is 29.6 Å². The van der Waals surface area contributed by atoms with Gasteiger partial charge < -0.3 is 9.11 Å². The normalized spacial score (nSPS) is 11.9. The van der Waals surface area contributed by atoms with Crippen molar-refractivity contribution in [2.45, 2.75) is 71.1 Å². The summed E-state index contributed by atoms with van der Waals surface area (Å²) in [6.07, 6.45) is 2.05. The highest BCUT2D eigenvalue weighted by Crippen LogP contribution is 2.44. The van der Waals surface area contributed by atoms with Crippen LogP contribution in [0.3, 0.4) is 0 Å². The second-order valence-electron chi connectivity index (χ2n) is 12.9. The van der Waals surface area contributed by atoms with Crippen molar-refractivity contribution in [1.29, 1.82) is 0 Å². The van der Waals surface area contributed by atoms with E-state index in [1.807, 2.05) is 0 Å². The number of aryl methyl sites for hydroxylation is 2. The molecule has 17 heteroatoms. The summed E-state index contributed by atoms with van der Waals surface area (Å²) in [7, 11) is -12.8. The minimum absolute atomic E-state index is 0.415. The van der Waals surface area contributed by atoms with Crippen molar-refractivity contribution in [1.82, 2.24) is 0 Å². The van der Waals surface area contributed by atoms with Gasteiger partial charge in [-0.25, -0.2) is 26.0 Å². The Bertz CT molecular complexity index is 2000. The zero-order chi connectivity index (χ0) is 43.9. The molecule has 4 aromatic carbocycles. The molecule has 0 unspecified atom stereocenters. The van der Waals surface area contributed by atoms with Crippen molar-refractivity contribution in [2.75, 3.05) is 26.2 Å². The quantitative estimate of drug-likeness (QED) is 0.0335. The molecule has 0 aliphatic heterocycles. The van der Waals surface area contributed by atoms with Crippen molar-refractivity contribution in [3.8, 4) is 0 Å². The Morgan fingerprint density at radius 1 is 0.534 bits per heavy atom. The van der Waals surface area contributed by atoms with E-state index in [1.54, 1.807) is 0 Å². The van der Waals surface area contributed by atoms with Crippen molar-refractivity contribution >= 4 is 50.2 Å². The van der Waals surface area contributed by atoms with Crippen LogP contribution in [0.2, 0.25) is 0 Å². The second-order valence-corrected chi connectivity index (χ2v) is 18.1. The van der Waals surface area contributed by atoms with Gasteiger partial charge in [-0.15, -0.1) is 0 Å². The standard InChI is InChI=1S/C39H49N2P.2CHF3O3S/c1-7-40(8-2)38(33-25-21-31(5)22-26-33)29-37(30-39(41(9-3)10-4)34-27-23-32(6)24-28-34)42(35-17-13-11-14-18-35)36-19-15-12-16-20-36;2*2-1(3,4)8(5,6)7/h11-28,37H,7-10,29-30H2,1-6H3;2*(H,5,6,7)/q+2;;/p-2. The number of hydrogen-bond donors (Lipinski definition) is 0. The Kier molecular flexibility index (Phi) is 19.4. The van der Waals surface area contributed by atoms with Gasteiger partial charge in [0.1, 0.15) is 26.2 Å². The molecule has 4 aromatic rings. The molecule has 0 amide bonds. The molecule has 0 atom stereocenters. The third-order valence-electron chi connectivity index (χ3n) is 8.92. The lowest BCUT2D eigenvalue weighted by Crippen LogP contribution is -2.33. The molecule has 58 heavy (non-hydrogen) atoms. The molecule has 0 saturated carbocycles. The van der Waals surface area contributed by atoms with Crippen molar-refractivity contribution in [2.24, 2.45) is 0 Å². The largest absolute Gasteiger partial charge is 0.741 e. The lowest BCUT2D eigenvalue weighted by atomic mass is 9.97. The van der Waals surface area contributed by atoms with E-state index in [-0.39, 0.29) is 0 Å². The molecule has 0 fully saturated rings. The molecule has 318 valence electrons. The average Bonchev–Trinajstić information content (AvgIpc) is 3.15. The van der Waals surface area contributed by atoms with E-state index in [4.69, 9.17) is 25.9 Å². The van der Waals surface area contributed by atoms with Gasteiger partial charge in [-0.2, -0.15) is 26.3 Å². The molecule has 0 aromatic heterocycles. The number of alkyl halides is 6. The predicted molar refractivity (Wildman–Crippen MR) is 217 cm³/mol. The van der Waals surface area contributed by atoms with Crippen LogP contribution in [0.5, 0.6) is 0 Å². The van der Waals surface area contributed by atoms with Crippen LogP contribution in [0, 0.1) is 13.8 Å². The number of halogens is 6. The lowest BCUT2D eigenvalue weighted by molar-refractivity contribution is -0.521. The molecule has 0 spiro atoms. The number of hydrogen-bond acceptors (Lipinski definition) is 6. The summed E-state index contributed by atoms with van der Waals surface area (Å²) in [5.74, 6) is 0. The van der Waals surface area contributed by atoms with Crippen LogP contribution in [0.15, 0.2) is 109 Å². The van der Waals surface area contributed by atoms with Gasteiger partial charge in [0.2, 0.25) is 0 Å². The van der Waals surface area contributed by atoms with Gasteiger partial charge in [-0.1, -0.05) is 96.1 Å². The summed E-state index contributed by atoms with van der Waals surface area (Å²) in [5.41, 5.74) is -2.63. The molecular formula is C41H49F6N2O6PS2. The van der Waals surface area contributed by atoms with Gasteiger partial charge in [-0.05, 0) is 84.3 Å². The molecule has 0 bridgehead atoms. The van der Waals surface area contributed by atoms with Crippen LogP contribution >= 0.6 is 7.92 Å². The zero-order valence-corrected chi connectivity index (χ0v) is 35.6. The van der Waals surface area contributed by atoms with Gasteiger partial charge in [0.05, 0.1) is 0 Å². The number of benzene rings is 4. The fourth-order valence-corrected chi connectivity index (χ4v) is 8.85. The monoisotopic (exact) mass is 874 g/mol. The molecule has 0 heterocycles. The summed E-state index contributed by atoms with van der Waals surface area (Å²) in [6, 6.07) is 41.0. The van der Waals surface area contributed by atoms with Gasteiger partial charge in [0.25, 0.3) is 0 Å². The van der Waals surface area contributed by atoms with Crippen molar-refractivity contribution in [3.05, 3.63) is 131 Å². The highest BCUT2D eigenvalue weighted by Gasteiger charge is 2.38. The van der Waals surface area contributed by atoms with Crippen LogP contribution < -0.4 is 10.6 Å². The smallest absolute Gasteiger partial charge is 0.485 e. The molecular weight excluding hydrogens is 826 g/mol. The lowest BCUT2D eigenvalue weighted by Gasteiger charge is -2.29. The van der Waals surface area contributed by atoms with Gasteiger partial charge in [0.15, 0.2) is 31.7 Å². The summed E-state index contributed by atoms with van der Waals surface area (Å²) in [6.45, 7) is 17.6. The predicted octanol–water partition coefficient (Wildman–Crippen LogP) is 8.07. The highest BCUT2D eigenvalue weighted by atomic mass is 32.2. The van der Waals surface area contributed by atoms with E-state index in [1.165, 1.54) is 44.3 Å². The first-order valence-corrected chi connectivity index (χ1v) is 22.5. The summed E-state index contributed by atoms with van der Waals surface area (Å²) < 4.78 is 123. The summed E-state index contributed by atoms with van der Waals surface area (Å²) in [5, 5.41) is 2.91. The molecule has 0 N–H and O–H groups in total. The third kappa shape index (κ3) is 15.3. The summed E-state index contributed by atoms with van der Waals surface area (Å²) in [4.78, 5) is 0. The molecule has 8 nitrogen and oxygen atoms in total. The highest BCUT2D eigenvalue weighted by molar-refractivity contribution is 7.86. The maximum atomic E-state index is 10.7. The minimum atomic E-state index is -6.09. The first-order chi connectivity index (χ1) is 27.0. The topological polar surface area (TPSA) is 120 Å². The van der Waals surface area contributed by atoms with E-state index in [0.717, 1.165) is 39.0 Å². The second kappa shape index (κ2) is 22.4. The van der Waals surface area contributed by atoms with Gasteiger partial charge in [-0.3, -0.25) is 0 Å². The molecule has 0 radical (unpaired) electrons. The first kappa shape index (κ1) is 50.2. The Balaban J connectivity index is 0.000000608. The minimum Gasteiger partial charge on any atom is -0.741 e. The molecule has 4 rings (SSSR count). The van der Waals surface area contributed by atoms with E-state index in [2.05, 4.69) is 160 Å². The fourth-order valence-electron chi connectivity index (χ4n) is 6.01. The van der Waals surface area contributed by atoms with Crippen LogP contribution in [-0.2, 0) is 20.2 Å². The van der Waals surface area contributed by atoms with Crippen LogP contribution in [0.1, 0.15) is 62.8 Å². The van der Waals surface area contributed by atoms with Crippen LogP contribution in [0.4, 0.5) is 26.3 Å². The zero-order valence-electron chi connectivity index (χ0n) is 33.1. The Morgan fingerprint density at radius 3 is 1.02 bits per heavy atom. The van der Waals surface area contributed by atoms with Gasteiger partial charge >= 0.3 is 11.0 Å².